The van der Waals surface area contributed by atoms with Gasteiger partial charge in [-0.2, -0.15) is 4.37 Å². The van der Waals surface area contributed by atoms with Gasteiger partial charge in [-0.1, -0.05) is 12.1 Å². The average molecular weight is 264 g/mol. The van der Waals surface area contributed by atoms with Crippen molar-refractivity contribution in [3.8, 4) is 5.75 Å². The standard InChI is InChI=1S/C12H16N4OS/c1-17-10-4-2-9(3-5-10)8-11-15-12(18-16-11)14-7-6-13/h2-5H,6-8,13H2,1H3,(H,14,15,16). The minimum absolute atomic E-state index is 0.591. The molecule has 0 aliphatic rings. The lowest BCUT2D eigenvalue weighted by Gasteiger charge is -2.01. The maximum absolute atomic E-state index is 5.42. The van der Waals surface area contributed by atoms with E-state index in [9.17, 15) is 0 Å². The number of hydrogen-bond acceptors (Lipinski definition) is 6. The van der Waals surface area contributed by atoms with Crippen molar-refractivity contribution >= 4 is 16.7 Å². The molecule has 2 aromatic rings. The molecule has 5 nitrogen and oxygen atoms in total. The largest absolute Gasteiger partial charge is 0.497 e. The number of methoxy groups -OCH3 is 1. The molecule has 0 amide bonds. The average Bonchev–Trinajstić information content (AvgIpc) is 2.85. The summed E-state index contributed by atoms with van der Waals surface area (Å²) in [6.07, 6.45) is 0.727. The normalized spacial score (nSPS) is 10.3. The third kappa shape index (κ3) is 3.41. The topological polar surface area (TPSA) is 73.1 Å². The van der Waals surface area contributed by atoms with Crippen molar-refractivity contribution in [1.29, 1.82) is 0 Å². The van der Waals surface area contributed by atoms with Crippen molar-refractivity contribution in [1.82, 2.24) is 9.36 Å². The Balaban J connectivity index is 1.97. The molecular formula is C12H16N4OS. The van der Waals surface area contributed by atoms with Crippen LogP contribution in [0, 0.1) is 0 Å². The molecule has 0 saturated heterocycles. The van der Waals surface area contributed by atoms with E-state index in [1.54, 1.807) is 7.11 Å². The summed E-state index contributed by atoms with van der Waals surface area (Å²) in [6.45, 7) is 1.31. The maximum atomic E-state index is 5.42. The summed E-state index contributed by atoms with van der Waals surface area (Å²) in [4.78, 5) is 4.40. The van der Waals surface area contributed by atoms with E-state index < -0.39 is 0 Å². The summed E-state index contributed by atoms with van der Waals surface area (Å²) in [6, 6.07) is 7.92. The Labute approximate surface area is 110 Å². The number of nitrogens with two attached hydrogens (primary N) is 1. The number of nitrogens with one attached hydrogen (secondary N) is 1. The van der Waals surface area contributed by atoms with Crippen LogP contribution in [-0.4, -0.2) is 29.6 Å². The molecule has 96 valence electrons. The van der Waals surface area contributed by atoms with Gasteiger partial charge in [0.1, 0.15) is 11.6 Å². The molecule has 2 rings (SSSR count). The van der Waals surface area contributed by atoms with Crippen molar-refractivity contribution < 1.29 is 4.74 Å². The third-order valence-electron chi connectivity index (χ3n) is 2.41. The molecule has 0 radical (unpaired) electrons. The zero-order chi connectivity index (χ0) is 12.8. The van der Waals surface area contributed by atoms with Gasteiger partial charge >= 0.3 is 0 Å². The Bertz CT molecular complexity index is 483. The van der Waals surface area contributed by atoms with Crippen LogP contribution < -0.4 is 15.8 Å². The fraction of sp³-hybridized carbons (Fsp3) is 0.333. The van der Waals surface area contributed by atoms with E-state index in [1.165, 1.54) is 17.1 Å². The van der Waals surface area contributed by atoms with Gasteiger partial charge in [-0.05, 0) is 17.7 Å². The van der Waals surface area contributed by atoms with E-state index in [0.717, 1.165) is 29.7 Å². The van der Waals surface area contributed by atoms with Crippen molar-refractivity contribution in [2.75, 3.05) is 25.5 Å². The van der Waals surface area contributed by atoms with Gasteiger partial charge in [0.25, 0.3) is 0 Å². The van der Waals surface area contributed by atoms with E-state index in [4.69, 9.17) is 10.5 Å². The molecule has 0 bridgehead atoms. The second-order valence-electron chi connectivity index (χ2n) is 3.76. The Morgan fingerprint density at radius 1 is 1.33 bits per heavy atom. The molecule has 0 aliphatic heterocycles. The SMILES string of the molecule is COc1ccc(Cc2nsc(NCCN)n2)cc1. The number of nitrogens with zero attached hydrogens (tertiary/aromatic N) is 2. The predicted molar refractivity (Wildman–Crippen MR) is 73.3 cm³/mol. The molecule has 0 saturated carbocycles. The highest BCUT2D eigenvalue weighted by Gasteiger charge is 2.04. The van der Waals surface area contributed by atoms with Crippen LogP contribution in [0.5, 0.6) is 5.75 Å². The zero-order valence-electron chi connectivity index (χ0n) is 10.2. The number of benzene rings is 1. The zero-order valence-corrected chi connectivity index (χ0v) is 11.0. The van der Waals surface area contributed by atoms with Gasteiger partial charge in [0.15, 0.2) is 0 Å². The van der Waals surface area contributed by atoms with Crippen LogP contribution in [0.4, 0.5) is 5.13 Å². The number of aromatic nitrogens is 2. The summed E-state index contributed by atoms with van der Waals surface area (Å²) in [5.74, 6) is 1.68. The third-order valence-corrected chi connectivity index (χ3v) is 3.12. The van der Waals surface area contributed by atoms with Gasteiger partial charge in [0.2, 0.25) is 5.13 Å². The van der Waals surface area contributed by atoms with Gasteiger partial charge in [0.05, 0.1) is 7.11 Å². The molecule has 1 aromatic heterocycles. The van der Waals surface area contributed by atoms with E-state index in [1.807, 2.05) is 24.3 Å². The molecule has 18 heavy (non-hydrogen) atoms. The van der Waals surface area contributed by atoms with Crippen LogP contribution in [0.25, 0.3) is 0 Å². The summed E-state index contributed by atoms with van der Waals surface area (Å²) >= 11 is 1.36. The molecule has 0 unspecified atom stereocenters. The van der Waals surface area contributed by atoms with E-state index in [2.05, 4.69) is 14.7 Å². The number of ether oxygens (including phenoxy) is 1. The number of hydrogen-bond donors (Lipinski definition) is 2. The van der Waals surface area contributed by atoms with Crippen LogP contribution in [0.2, 0.25) is 0 Å². The second kappa shape index (κ2) is 6.32. The summed E-state index contributed by atoms with van der Waals surface area (Å²) in [5.41, 5.74) is 6.58. The lowest BCUT2D eigenvalue weighted by atomic mass is 10.1. The van der Waals surface area contributed by atoms with Gasteiger partial charge in [-0.15, -0.1) is 0 Å². The first kappa shape index (κ1) is 12.8. The predicted octanol–water partition coefficient (Wildman–Crippen LogP) is 1.51. The lowest BCUT2D eigenvalue weighted by Crippen LogP contribution is -2.12. The quantitative estimate of drug-likeness (QED) is 0.827. The summed E-state index contributed by atoms with van der Waals surface area (Å²) < 4.78 is 9.42. The molecular weight excluding hydrogens is 248 g/mol. The molecule has 0 spiro atoms. The fourth-order valence-corrected chi connectivity index (χ4v) is 2.11. The Morgan fingerprint density at radius 2 is 2.11 bits per heavy atom. The summed E-state index contributed by atoms with van der Waals surface area (Å²) in [5, 5.41) is 3.94. The number of anilines is 1. The Morgan fingerprint density at radius 3 is 2.78 bits per heavy atom. The highest BCUT2D eigenvalue weighted by molar-refractivity contribution is 7.09. The van der Waals surface area contributed by atoms with Gasteiger partial charge in [-0.3, -0.25) is 0 Å². The fourth-order valence-electron chi connectivity index (χ4n) is 1.50. The highest BCUT2D eigenvalue weighted by atomic mass is 32.1. The smallest absolute Gasteiger partial charge is 0.202 e. The molecule has 6 heteroatoms. The molecule has 1 heterocycles. The maximum Gasteiger partial charge on any atom is 0.202 e. The van der Waals surface area contributed by atoms with Crippen LogP contribution in [0.3, 0.4) is 0 Å². The Hall–Kier alpha value is -1.66. The van der Waals surface area contributed by atoms with Crippen LogP contribution >= 0.6 is 11.5 Å². The second-order valence-corrected chi connectivity index (χ2v) is 4.51. The monoisotopic (exact) mass is 264 g/mol. The molecule has 0 aliphatic carbocycles. The van der Waals surface area contributed by atoms with E-state index in [-0.39, 0.29) is 0 Å². The minimum Gasteiger partial charge on any atom is -0.497 e. The highest BCUT2D eigenvalue weighted by Crippen LogP contribution is 2.16. The van der Waals surface area contributed by atoms with Gasteiger partial charge in [0, 0.05) is 31.0 Å². The molecule has 0 fully saturated rings. The van der Waals surface area contributed by atoms with Crippen molar-refractivity contribution in [2.45, 2.75) is 6.42 Å². The molecule has 3 N–H and O–H groups in total. The van der Waals surface area contributed by atoms with E-state index >= 15 is 0 Å². The molecule has 1 aromatic carbocycles. The van der Waals surface area contributed by atoms with Crippen LogP contribution in [0.15, 0.2) is 24.3 Å². The summed E-state index contributed by atoms with van der Waals surface area (Å²) in [7, 11) is 1.66. The van der Waals surface area contributed by atoms with Gasteiger partial charge < -0.3 is 15.8 Å². The van der Waals surface area contributed by atoms with Crippen LogP contribution in [-0.2, 0) is 6.42 Å². The van der Waals surface area contributed by atoms with Crippen molar-refractivity contribution in [3.05, 3.63) is 35.7 Å². The van der Waals surface area contributed by atoms with E-state index in [0.29, 0.717) is 6.54 Å². The first-order valence-electron chi connectivity index (χ1n) is 5.71. The first-order valence-corrected chi connectivity index (χ1v) is 6.48. The minimum atomic E-state index is 0.591. The van der Waals surface area contributed by atoms with Crippen LogP contribution in [0.1, 0.15) is 11.4 Å². The Kier molecular flexibility index (Phi) is 4.49. The first-order chi connectivity index (χ1) is 8.81. The van der Waals surface area contributed by atoms with Crippen molar-refractivity contribution in [2.24, 2.45) is 5.73 Å². The molecule has 0 atom stereocenters. The lowest BCUT2D eigenvalue weighted by molar-refractivity contribution is 0.414. The number of rotatable bonds is 6. The van der Waals surface area contributed by atoms with Crippen molar-refractivity contribution in [3.63, 3.8) is 0 Å². The van der Waals surface area contributed by atoms with Gasteiger partial charge in [-0.25, -0.2) is 4.98 Å².